The summed E-state index contributed by atoms with van der Waals surface area (Å²) < 4.78 is 1.56. The lowest BCUT2D eigenvalue weighted by Gasteiger charge is -2.33. The van der Waals surface area contributed by atoms with E-state index in [1.807, 2.05) is 27.7 Å². The lowest BCUT2D eigenvalue weighted by molar-refractivity contribution is -0.141. The molecule has 440 valence electrons. The van der Waals surface area contributed by atoms with Crippen molar-refractivity contribution >= 4 is 81.9 Å². The van der Waals surface area contributed by atoms with Crippen molar-refractivity contribution in [2.24, 2.45) is 34.2 Å². The molecule has 81 heavy (non-hydrogen) atoms. The summed E-state index contributed by atoms with van der Waals surface area (Å²) in [6, 6.07) is -6.36. The second-order valence-corrected chi connectivity index (χ2v) is 22.0. The fraction of sp³-hybridized carbons (Fsp3) is 0.566. The number of aromatic amines is 1. The Morgan fingerprint density at radius 1 is 0.765 bits per heavy atom. The normalized spacial score (nSPS) is 24.0. The molecule has 4 aliphatic heterocycles. The zero-order valence-corrected chi connectivity index (χ0v) is 46.7. The maximum absolute atomic E-state index is 15.0. The van der Waals surface area contributed by atoms with E-state index in [1.165, 1.54) is 20.2 Å². The van der Waals surface area contributed by atoms with Gasteiger partial charge in [0.1, 0.15) is 66.5 Å². The molecule has 6 heterocycles. The highest BCUT2D eigenvalue weighted by molar-refractivity contribution is 6.00. The number of hydrogen-bond donors (Lipinski definition) is 14. The van der Waals surface area contributed by atoms with Crippen LogP contribution in [0.2, 0.25) is 0 Å². The maximum atomic E-state index is 15.0. The molecule has 4 aliphatic rings. The van der Waals surface area contributed by atoms with Crippen molar-refractivity contribution in [1.82, 2.24) is 67.7 Å². The molecule has 1 saturated heterocycles. The number of H-pyrrole nitrogens is 1. The minimum absolute atomic E-state index is 0.0377. The molecule has 1 aromatic carbocycles. The summed E-state index contributed by atoms with van der Waals surface area (Å²) in [5, 5.41) is 36.6. The van der Waals surface area contributed by atoms with Gasteiger partial charge in [-0.1, -0.05) is 53.7 Å². The molecule has 3 aromatic rings. The summed E-state index contributed by atoms with van der Waals surface area (Å²) in [7, 11) is 0. The Kier molecular flexibility index (Phi) is 20.6. The van der Waals surface area contributed by atoms with Crippen molar-refractivity contribution in [3.8, 4) is 5.82 Å². The van der Waals surface area contributed by atoms with Crippen molar-refractivity contribution in [2.45, 2.75) is 161 Å². The highest BCUT2D eigenvalue weighted by atomic mass is 16.4. The Labute approximate surface area is 467 Å². The third-order valence-corrected chi connectivity index (χ3v) is 14.3. The highest BCUT2D eigenvalue weighted by Crippen LogP contribution is 2.35. The van der Waals surface area contributed by atoms with Gasteiger partial charge in [0.25, 0.3) is 0 Å². The number of guanidine groups is 1. The number of imidazole rings is 1. The molecule has 1 fully saturated rings. The van der Waals surface area contributed by atoms with Crippen LogP contribution in [0.25, 0.3) is 16.7 Å². The number of carboxylic acid groups (broad SMARTS) is 1. The second-order valence-electron chi connectivity index (χ2n) is 22.0. The van der Waals surface area contributed by atoms with E-state index in [2.05, 4.69) is 68.1 Å². The molecular formula is C53H76N16O12. The fourth-order valence-electron chi connectivity index (χ4n) is 10.0. The Morgan fingerprint density at radius 2 is 1.47 bits per heavy atom. The Bertz CT molecular complexity index is 2930. The topological polar surface area (TPSA) is 426 Å². The van der Waals surface area contributed by atoms with Crippen LogP contribution < -0.4 is 64.6 Å². The van der Waals surface area contributed by atoms with Crippen molar-refractivity contribution < 1.29 is 57.8 Å². The molecule has 0 aliphatic carbocycles. The van der Waals surface area contributed by atoms with E-state index in [0.717, 1.165) is 0 Å². The molecule has 10 amide bonds. The standard InChI is InChI=1S/C53H76N16O12/c1-23(2)16-35-49(77)67-41(25(5)6)50(78)66-37-19-31-30-12-11-28(40(24(3)4)42(51(79)65-35)68-46(74)33-13-14-38(70)61-33)17-34(30)63-43(31)69-21-29(58-22-69)18-36(47(75)59-26(7)44(72)60-27(8)52(80)81)62-39(71)20-57-45(73)32(64-48(37)76)10-9-15-56-53(54)55/h11-12,17,21-27,32-33,35-37,40-42,63H,9-10,13-16,18-20H2,1-8H3,(H,57,73)(H,59,75)(H,60,72)(H,61,70)(H,62,71)(H,64,76)(H,65,79)(H,66,78)(H,67,77)(H,68,74)(H,80,81)(H4,54,55,56). The minimum atomic E-state index is -1.49. The number of hydrogen-bond acceptors (Lipinski definition) is 13. The molecule has 7 rings (SSSR count). The number of rotatable bonds is 15. The summed E-state index contributed by atoms with van der Waals surface area (Å²) in [4.78, 5) is 164. The quantitative estimate of drug-likeness (QED) is 0.0320. The van der Waals surface area contributed by atoms with Crippen molar-refractivity contribution in [3.63, 3.8) is 0 Å². The van der Waals surface area contributed by atoms with E-state index in [4.69, 9.17) is 11.5 Å². The number of aromatic nitrogens is 3. The highest BCUT2D eigenvalue weighted by Gasteiger charge is 2.41. The monoisotopic (exact) mass is 1130 g/mol. The second kappa shape index (κ2) is 27.0. The van der Waals surface area contributed by atoms with Crippen LogP contribution in [-0.4, -0.2) is 158 Å². The van der Waals surface area contributed by atoms with Crippen LogP contribution in [0.1, 0.15) is 110 Å². The number of carbonyl (C=O) groups is 11. The summed E-state index contributed by atoms with van der Waals surface area (Å²) in [5.74, 6) is -10.5. The van der Waals surface area contributed by atoms with Crippen LogP contribution in [0.3, 0.4) is 0 Å². The van der Waals surface area contributed by atoms with Gasteiger partial charge in [0, 0.05) is 54.4 Å². The zero-order chi connectivity index (χ0) is 59.6. The molecule has 0 saturated carbocycles. The van der Waals surface area contributed by atoms with Crippen LogP contribution in [0.5, 0.6) is 0 Å². The summed E-state index contributed by atoms with van der Waals surface area (Å²) in [5.41, 5.74) is 12.8. The van der Waals surface area contributed by atoms with Gasteiger partial charge in [0.15, 0.2) is 5.96 Å². The van der Waals surface area contributed by atoms with Crippen LogP contribution in [0.15, 0.2) is 35.7 Å². The van der Waals surface area contributed by atoms with Crippen LogP contribution >= 0.6 is 0 Å². The third-order valence-electron chi connectivity index (χ3n) is 14.3. The maximum Gasteiger partial charge on any atom is 0.325 e. The lowest BCUT2D eigenvalue weighted by atomic mass is 9.81. The first-order valence-corrected chi connectivity index (χ1v) is 27.2. The average Bonchev–Trinajstić information content (AvgIpc) is 4.14. The Balaban J connectivity index is 1.55. The summed E-state index contributed by atoms with van der Waals surface area (Å²) in [6.07, 6.45) is 2.87. The molecule has 28 nitrogen and oxygen atoms in total. The van der Waals surface area contributed by atoms with Crippen molar-refractivity contribution in [2.75, 3.05) is 13.1 Å². The average molecular weight is 1130 g/mol. The van der Waals surface area contributed by atoms with Crippen LogP contribution in [0.4, 0.5) is 0 Å². The fourth-order valence-corrected chi connectivity index (χ4v) is 10.0. The number of aliphatic imine (C=N–C) groups is 1. The van der Waals surface area contributed by atoms with E-state index >= 15 is 4.79 Å². The van der Waals surface area contributed by atoms with Gasteiger partial charge in [-0.15, -0.1) is 0 Å². The number of nitrogens with one attached hydrogen (secondary N) is 11. The van der Waals surface area contributed by atoms with Gasteiger partial charge in [0.2, 0.25) is 59.1 Å². The van der Waals surface area contributed by atoms with Gasteiger partial charge in [0.05, 0.1) is 12.2 Å². The number of nitrogens with two attached hydrogens (primary N) is 2. The molecule has 0 radical (unpaired) electrons. The first-order valence-electron chi connectivity index (χ1n) is 27.2. The van der Waals surface area contributed by atoms with Gasteiger partial charge >= 0.3 is 5.97 Å². The van der Waals surface area contributed by atoms with Crippen LogP contribution in [0, 0.1) is 17.8 Å². The van der Waals surface area contributed by atoms with E-state index in [0.29, 0.717) is 27.8 Å². The molecular weight excluding hydrogens is 1050 g/mol. The summed E-state index contributed by atoms with van der Waals surface area (Å²) in [6.45, 7) is 12.7. The van der Waals surface area contributed by atoms with Crippen molar-refractivity contribution in [3.05, 3.63) is 47.5 Å². The van der Waals surface area contributed by atoms with Gasteiger partial charge in [-0.05, 0) is 68.9 Å². The van der Waals surface area contributed by atoms with E-state index in [-0.39, 0.29) is 80.9 Å². The molecule has 10 atom stereocenters. The molecule has 28 heteroatoms. The predicted molar refractivity (Wildman–Crippen MR) is 293 cm³/mol. The van der Waals surface area contributed by atoms with Gasteiger partial charge in [-0.25, -0.2) is 4.98 Å². The van der Waals surface area contributed by atoms with Gasteiger partial charge in [-0.2, -0.15) is 0 Å². The molecule has 16 N–H and O–H groups in total. The van der Waals surface area contributed by atoms with E-state index < -0.39 is 132 Å². The minimum Gasteiger partial charge on any atom is -0.480 e. The SMILES string of the molecule is CC(C)CC1NC(=O)C(NC(=O)C2CCC(=O)N2)C(C(C)C)c2ccc3c4c([nH]c3c2)-n2cnc(c2)CC(C(=O)NC(C)C(=O)NC(C)C(=O)O)NC(=O)CNC(=O)C(CCCN=C(N)N)NC(=O)C(C4)NC(=O)C(C(C)C)NC1=O. The molecule has 0 spiro atoms. The third kappa shape index (κ3) is 16.0. The summed E-state index contributed by atoms with van der Waals surface area (Å²) >= 11 is 0. The molecule has 2 aromatic heterocycles. The van der Waals surface area contributed by atoms with Gasteiger partial charge < -0.3 is 74.7 Å². The number of benzene rings is 1. The number of fused-ring (bicyclic) bond motifs is 13. The van der Waals surface area contributed by atoms with Crippen LogP contribution in [-0.2, 0) is 65.6 Å². The Morgan fingerprint density at radius 3 is 2.11 bits per heavy atom. The number of carbonyl (C=O) groups excluding carboxylic acids is 10. The number of nitrogens with zero attached hydrogens (tertiary/aromatic N) is 3. The predicted octanol–water partition coefficient (Wildman–Crippen LogP) is -2.64. The first-order chi connectivity index (χ1) is 38.2. The van der Waals surface area contributed by atoms with E-state index in [1.54, 1.807) is 42.8 Å². The first kappa shape index (κ1) is 61.6. The number of amides is 10. The smallest absolute Gasteiger partial charge is 0.325 e. The van der Waals surface area contributed by atoms with Crippen molar-refractivity contribution in [1.29, 1.82) is 0 Å². The Hall–Kier alpha value is -8.59. The number of carboxylic acids is 1. The largest absolute Gasteiger partial charge is 0.480 e. The lowest BCUT2D eigenvalue weighted by Crippen LogP contribution is -2.61. The molecule has 7 bridgehead atoms. The zero-order valence-electron chi connectivity index (χ0n) is 46.7. The van der Waals surface area contributed by atoms with E-state index in [9.17, 15) is 53.1 Å². The number of aliphatic carboxylic acids is 1. The van der Waals surface area contributed by atoms with Gasteiger partial charge in [-0.3, -0.25) is 62.3 Å². The molecule has 10 unspecified atom stereocenters.